The van der Waals surface area contributed by atoms with E-state index in [0.717, 1.165) is 11.3 Å². The molecule has 7 heteroatoms. The molecule has 0 unspecified atom stereocenters. The van der Waals surface area contributed by atoms with Gasteiger partial charge < -0.3 is 15.0 Å². The molecule has 2 amide bonds. The maximum Gasteiger partial charge on any atom is 0.319 e. The number of carbonyl (C=O) groups is 1. The lowest BCUT2D eigenvalue weighted by molar-refractivity contribution is 0.252. The quantitative estimate of drug-likeness (QED) is 0.748. The number of imidazole rings is 1. The van der Waals surface area contributed by atoms with Gasteiger partial charge in [0, 0.05) is 53.0 Å². The van der Waals surface area contributed by atoms with Crippen LogP contribution in [-0.4, -0.2) is 32.4 Å². The maximum absolute atomic E-state index is 11.9. The predicted molar refractivity (Wildman–Crippen MR) is 94.7 cm³/mol. The van der Waals surface area contributed by atoms with Crippen molar-refractivity contribution in [3.8, 4) is 0 Å². The van der Waals surface area contributed by atoms with Crippen molar-refractivity contribution in [2.75, 3.05) is 18.1 Å². The number of hydrogen-bond donors (Lipinski definition) is 2. The first kappa shape index (κ1) is 16.2. The molecule has 6 nitrogen and oxygen atoms in total. The molecule has 3 aromatic rings. The van der Waals surface area contributed by atoms with Gasteiger partial charge in [-0.3, -0.25) is 4.21 Å². The summed E-state index contributed by atoms with van der Waals surface area (Å²) in [5.41, 5.74) is 2.43. The predicted octanol–water partition coefficient (Wildman–Crippen LogP) is 2.44. The zero-order chi connectivity index (χ0) is 16.9. The van der Waals surface area contributed by atoms with Crippen LogP contribution in [0.3, 0.4) is 0 Å². The number of pyridine rings is 1. The summed E-state index contributed by atoms with van der Waals surface area (Å²) < 4.78 is 13.4. The van der Waals surface area contributed by atoms with Crippen molar-refractivity contribution in [1.82, 2.24) is 14.7 Å². The van der Waals surface area contributed by atoms with E-state index in [2.05, 4.69) is 15.6 Å². The lowest BCUT2D eigenvalue weighted by Crippen LogP contribution is -2.30. The molecule has 2 aromatic heterocycles. The van der Waals surface area contributed by atoms with Crippen LogP contribution in [0.4, 0.5) is 10.5 Å². The molecular weight excluding hydrogens is 324 g/mol. The molecular formula is C17H18N4O2S. The smallest absolute Gasteiger partial charge is 0.319 e. The number of rotatable bonds is 5. The van der Waals surface area contributed by atoms with Crippen LogP contribution in [0, 0.1) is 0 Å². The van der Waals surface area contributed by atoms with Gasteiger partial charge in [-0.25, -0.2) is 9.78 Å². The van der Waals surface area contributed by atoms with Crippen LogP contribution in [0.1, 0.15) is 5.69 Å². The van der Waals surface area contributed by atoms with Crippen molar-refractivity contribution in [2.45, 2.75) is 11.3 Å². The van der Waals surface area contributed by atoms with Gasteiger partial charge >= 0.3 is 6.03 Å². The van der Waals surface area contributed by atoms with Gasteiger partial charge in [0.15, 0.2) is 0 Å². The van der Waals surface area contributed by atoms with Crippen molar-refractivity contribution in [3.63, 3.8) is 0 Å². The number of fused-ring (bicyclic) bond motifs is 1. The molecule has 24 heavy (non-hydrogen) atoms. The molecule has 0 aliphatic heterocycles. The number of aromatic nitrogens is 2. The lowest BCUT2D eigenvalue weighted by Gasteiger charge is -2.07. The highest BCUT2D eigenvalue weighted by Crippen LogP contribution is 2.13. The van der Waals surface area contributed by atoms with Crippen molar-refractivity contribution in [3.05, 3.63) is 60.6 Å². The van der Waals surface area contributed by atoms with Crippen LogP contribution in [0.5, 0.6) is 0 Å². The second-order valence-electron chi connectivity index (χ2n) is 5.31. The van der Waals surface area contributed by atoms with E-state index in [-0.39, 0.29) is 6.03 Å². The summed E-state index contributed by atoms with van der Waals surface area (Å²) in [6, 6.07) is 12.5. The van der Waals surface area contributed by atoms with E-state index >= 15 is 0 Å². The normalized spacial score (nSPS) is 12.0. The van der Waals surface area contributed by atoms with E-state index < -0.39 is 10.8 Å². The Labute approximate surface area is 142 Å². The fraction of sp³-hybridized carbons (Fsp3) is 0.176. The highest BCUT2D eigenvalue weighted by Gasteiger charge is 2.05. The Balaban J connectivity index is 1.52. The summed E-state index contributed by atoms with van der Waals surface area (Å²) in [4.78, 5) is 17.1. The number of urea groups is 1. The number of hydrogen-bond acceptors (Lipinski definition) is 3. The van der Waals surface area contributed by atoms with Gasteiger partial charge in [0.05, 0.1) is 5.69 Å². The highest BCUT2D eigenvalue weighted by molar-refractivity contribution is 7.84. The zero-order valence-electron chi connectivity index (χ0n) is 13.2. The average Bonchev–Trinajstić information content (AvgIpc) is 2.97. The number of benzene rings is 1. The number of carbonyl (C=O) groups excluding carboxylic acids is 1. The van der Waals surface area contributed by atoms with Crippen molar-refractivity contribution >= 4 is 28.2 Å². The first-order chi connectivity index (χ1) is 11.6. The molecule has 0 aliphatic rings. The average molecular weight is 342 g/mol. The minimum Gasteiger partial charge on any atom is -0.337 e. The summed E-state index contributed by atoms with van der Waals surface area (Å²) in [7, 11) is -1.07. The van der Waals surface area contributed by atoms with Gasteiger partial charge in [-0.15, -0.1) is 0 Å². The largest absolute Gasteiger partial charge is 0.337 e. The van der Waals surface area contributed by atoms with Crippen LogP contribution < -0.4 is 10.6 Å². The van der Waals surface area contributed by atoms with E-state index in [1.54, 1.807) is 30.5 Å². The van der Waals surface area contributed by atoms with Crippen LogP contribution in [0.2, 0.25) is 0 Å². The van der Waals surface area contributed by atoms with E-state index in [0.29, 0.717) is 23.5 Å². The Morgan fingerprint density at radius 1 is 1.25 bits per heavy atom. The monoisotopic (exact) mass is 342 g/mol. The molecule has 124 valence electrons. The standard InChI is InChI=1S/C17H18N4O2S/c1-24(23)15-6-4-5-13(11-15)20-17(22)18-9-8-14-12-21-10-3-2-7-16(21)19-14/h2-7,10-12H,8-9H2,1H3,(H2,18,20,22)/t24-/m1/s1. The lowest BCUT2D eigenvalue weighted by atomic mass is 10.3. The molecule has 3 rings (SSSR count). The summed E-state index contributed by atoms with van der Waals surface area (Å²) in [5, 5.41) is 5.54. The van der Waals surface area contributed by atoms with Gasteiger partial charge in [0.2, 0.25) is 0 Å². The third-order valence-electron chi connectivity index (χ3n) is 3.50. The second kappa shape index (κ2) is 7.27. The number of nitrogens with zero attached hydrogens (tertiary/aromatic N) is 2. The molecule has 0 saturated heterocycles. The Morgan fingerprint density at radius 2 is 2.12 bits per heavy atom. The van der Waals surface area contributed by atoms with Crippen molar-refractivity contribution in [2.24, 2.45) is 0 Å². The van der Waals surface area contributed by atoms with Crippen molar-refractivity contribution in [1.29, 1.82) is 0 Å². The van der Waals surface area contributed by atoms with E-state index in [9.17, 15) is 9.00 Å². The second-order valence-corrected chi connectivity index (χ2v) is 6.69. The van der Waals surface area contributed by atoms with Gasteiger partial charge in [0.1, 0.15) is 5.65 Å². The molecule has 1 aromatic carbocycles. The van der Waals surface area contributed by atoms with Gasteiger partial charge in [-0.05, 0) is 30.3 Å². The number of nitrogens with one attached hydrogen (secondary N) is 2. The molecule has 0 saturated carbocycles. The van der Waals surface area contributed by atoms with Gasteiger partial charge in [-0.1, -0.05) is 12.1 Å². The molecule has 2 heterocycles. The minimum atomic E-state index is -1.07. The van der Waals surface area contributed by atoms with E-state index in [1.807, 2.05) is 35.0 Å². The maximum atomic E-state index is 11.9. The van der Waals surface area contributed by atoms with Gasteiger partial charge in [0.25, 0.3) is 0 Å². The molecule has 0 spiro atoms. The zero-order valence-corrected chi connectivity index (χ0v) is 14.0. The molecule has 2 N–H and O–H groups in total. The van der Waals surface area contributed by atoms with Crippen LogP contribution in [-0.2, 0) is 17.2 Å². The van der Waals surface area contributed by atoms with E-state index in [4.69, 9.17) is 0 Å². The molecule has 0 fully saturated rings. The highest BCUT2D eigenvalue weighted by atomic mass is 32.2. The first-order valence-corrected chi connectivity index (χ1v) is 9.08. The molecule has 0 radical (unpaired) electrons. The topological polar surface area (TPSA) is 75.5 Å². The first-order valence-electron chi connectivity index (χ1n) is 7.53. The van der Waals surface area contributed by atoms with Crippen LogP contribution >= 0.6 is 0 Å². The molecule has 1 atom stereocenters. The third kappa shape index (κ3) is 3.99. The van der Waals surface area contributed by atoms with E-state index in [1.165, 1.54) is 0 Å². The summed E-state index contributed by atoms with van der Waals surface area (Å²) in [6.45, 7) is 0.481. The third-order valence-corrected chi connectivity index (χ3v) is 4.42. The Hall–Kier alpha value is -2.67. The molecule has 0 bridgehead atoms. The number of amides is 2. The minimum absolute atomic E-state index is 0.294. The SMILES string of the molecule is C[S@@](=O)c1cccc(NC(=O)NCCc2cn3ccccc3n2)c1. The Kier molecular flexibility index (Phi) is 4.90. The summed E-state index contributed by atoms with van der Waals surface area (Å²) >= 11 is 0. The Morgan fingerprint density at radius 3 is 2.92 bits per heavy atom. The fourth-order valence-corrected chi connectivity index (χ4v) is 2.90. The van der Waals surface area contributed by atoms with Crippen LogP contribution in [0.15, 0.2) is 59.8 Å². The summed E-state index contributed by atoms with van der Waals surface area (Å²) in [5.74, 6) is 0. The summed E-state index contributed by atoms with van der Waals surface area (Å²) in [6.07, 6.45) is 6.15. The van der Waals surface area contributed by atoms with Crippen LogP contribution in [0.25, 0.3) is 5.65 Å². The Bertz CT molecular complexity index is 858. The van der Waals surface area contributed by atoms with Crippen molar-refractivity contribution < 1.29 is 9.00 Å². The fourth-order valence-electron chi connectivity index (χ4n) is 2.34. The molecule has 0 aliphatic carbocycles. The van der Waals surface area contributed by atoms with Gasteiger partial charge in [-0.2, -0.15) is 0 Å². The number of anilines is 1.